The first-order valence-electron chi connectivity index (χ1n) is 7.14. The van der Waals surface area contributed by atoms with Crippen molar-refractivity contribution in [3.8, 4) is 0 Å². The number of sulfonamides is 1. The van der Waals surface area contributed by atoms with E-state index in [2.05, 4.69) is 19.8 Å². The maximum atomic E-state index is 12.3. The SMILES string of the molecule is Cc1ncc(S(=O)(=O)Nc2ccnn2C2CCCCC2)[nH]1. The van der Waals surface area contributed by atoms with Crippen LogP contribution in [0, 0.1) is 6.92 Å². The standard InChI is InChI=1S/C13H19N5O2S/c1-10-14-9-13(16-10)21(19,20)17-12-7-8-15-18(12)11-5-3-2-4-6-11/h7-9,11,17H,2-6H2,1H3,(H,14,16). The first-order valence-corrected chi connectivity index (χ1v) is 8.62. The van der Waals surface area contributed by atoms with Crippen LogP contribution in [0.2, 0.25) is 0 Å². The maximum Gasteiger partial charge on any atom is 0.280 e. The monoisotopic (exact) mass is 309 g/mol. The van der Waals surface area contributed by atoms with E-state index in [4.69, 9.17) is 0 Å². The number of rotatable bonds is 4. The summed E-state index contributed by atoms with van der Waals surface area (Å²) in [6.45, 7) is 1.71. The summed E-state index contributed by atoms with van der Waals surface area (Å²) in [5.41, 5.74) is 0. The summed E-state index contributed by atoms with van der Waals surface area (Å²) in [7, 11) is -3.65. The van der Waals surface area contributed by atoms with Gasteiger partial charge in [0, 0.05) is 6.07 Å². The zero-order chi connectivity index (χ0) is 14.9. The van der Waals surface area contributed by atoms with Crippen molar-refractivity contribution >= 4 is 15.8 Å². The smallest absolute Gasteiger partial charge is 0.280 e. The fraction of sp³-hybridized carbons (Fsp3) is 0.538. The highest BCUT2D eigenvalue weighted by atomic mass is 32.2. The van der Waals surface area contributed by atoms with Crippen molar-refractivity contribution in [2.24, 2.45) is 0 Å². The van der Waals surface area contributed by atoms with E-state index in [1.807, 2.05) is 0 Å². The molecule has 0 atom stereocenters. The quantitative estimate of drug-likeness (QED) is 0.905. The van der Waals surface area contributed by atoms with Gasteiger partial charge in [-0.15, -0.1) is 0 Å². The zero-order valence-electron chi connectivity index (χ0n) is 11.9. The van der Waals surface area contributed by atoms with Gasteiger partial charge in [-0.25, -0.2) is 9.67 Å². The number of nitrogens with one attached hydrogen (secondary N) is 2. The van der Waals surface area contributed by atoms with Gasteiger partial charge in [-0.3, -0.25) is 4.72 Å². The van der Waals surface area contributed by atoms with Crippen LogP contribution >= 0.6 is 0 Å². The molecule has 2 heterocycles. The average molecular weight is 309 g/mol. The van der Waals surface area contributed by atoms with E-state index in [0.29, 0.717) is 11.6 Å². The molecule has 1 saturated carbocycles. The highest BCUT2D eigenvalue weighted by Gasteiger charge is 2.22. The van der Waals surface area contributed by atoms with Gasteiger partial charge in [-0.2, -0.15) is 13.5 Å². The molecule has 1 aliphatic carbocycles. The van der Waals surface area contributed by atoms with Gasteiger partial charge in [0.1, 0.15) is 11.6 Å². The first-order chi connectivity index (χ1) is 10.1. The van der Waals surface area contributed by atoms with E-state index < -0.39 is 10.0 Å². The van der Waals surface area contributed by atoms with Crippen molar-refractivity contribution in [1.82, 2.24) is 19.7 Å². The Bertz CT molecular complexity index is 713. The molecule has 0 amide bonds. The summed E-state index contributed by atoms with van der Waals surface area (Å²) < 4.78 is 29.0. The molecular weight excluding hydrogens is 290 g/mol. The third-order valence-corrected chi connectivity index (χ3v) is 5.06. The van der Waals surface area contributed by atoms with Crippen LogP contribution in [0.3, 0.4) is 0 Å². The number of hydrogen-bond donors (Lipinski definition) is 2. The van der Waals surface area contributed by atoms with Crippen LogP contribution in [0.1, 0.15) is 44.0 Å². The summed E-state index contributed by atoms with van der Waals surface area (Å²) >= 11 is 0. The van der Waals surface area contributed by atoms with E-state index >= 15 is 0 Å². The Labute approximate surface area is 123 Å². The lowest BCUT2D eigenvalue weighted by Gasteiger charge is -2.23. The topological polar surface area (TPSA) is 92.7 Å². The number of H-pyrrole nitrogens is 1. The number of aromatic nitrogens is 4. The second-order valence-corrected chi connectivity index (χ2v) is 7.04. The van der Waals surface area contributed by atoms with E-state index in [-0.39, 0.29) is 11.1 Å². The lowest BCUT2D eigenvalue weighted by molar-refractivity contribution is 0.333. The molecule has 0 bridgehead atoms. The second kappa shape index (κ2) is 5.51. The summed E-state index contributed by atoms with van der Waals surface area (Å²) in [5, 5.41) is 4.35. The largest absolute Gasteiger partial charge is 0.332 e. The van der Waals surface area contributed by atoms with Crippen molar-refractivity contribution in [2.75, 3.05) is 4.72 Å². The summed E-state index contributed by atoms with van der Waals surface area (Å²) in [6, 6.07) is 1.96. The molecule has 114 valence electrons. The van der Waals surface area contributed by atoms with Crippen LogP contribution in [-0.2, 0) is 10.0 Å². The fourth-order valence-corrected chi connectivity index (χ4v) is 3.76. The molecule has 0 radical (unpaired) electrons. The molecule has 0 aliphatic heterocycles. The number of aromatic amines is 1. The van der Waals surface area contributed by atoms with E-state index in [1.165, 1.54) is 12.6 Å². The minimum absolute atomic E-state index is 0.0661. The van der Waals surface area contributed by atoms with Gasteiger partial charge in [-0.05, 0) is 19.8 Å². The Morgan fingerprint density at radius 1 is 1.33 bits per heavy atom. The average Bonchev–Trinajstić information content (AvgIpc) is 3.09. The molecular formula is C13H19N5O2S. The van der Waals surface area contributed by atoms with Gasteiger partial charge < -0.3 is 4.98 Å². The lowest BCUT2D eigenvalue weighted by Crippen LogP contribution is -2.20. The molecule has 2 N–H and O–H groups in total. The van der Waals surface area contributed by atoms with Crippen molar-refractivity contribution in [3.63, 3.8) is 0 Å². The van der Waals surface area contributed by atoms with Crippen LogP contribution in [0.15, 0.2) is 23.5 Å². The minimum atomic E-state index is -3.65. The Morgan fingerprint density at radius 2 is 2.10 bits per heavy atom. The minimum Gasteiger partial charge on any atom is -0.332 e. The molecule has 0 aromatic carbocycles. The lowest BCUT2D eigenvalue weighted by atomic mass is 9.96. The highest BCUT2D eigenvalue weighted by Crippen LogP contribution is 2.30. The van der Waals surface area contributed by atoms with Crippen molar-refractivity contribution < 1.29 is 8.42 Å². The van der Waals surface area contributed by atoms with Crippen molar-refractivity contribution in [3.05, 3.63) is 24.3 Å². The van der Waals surface area contributed by atoms with Crippen molar-refractivity contribution in [2.45, 2.75) is 50.1 Å². The molecule has 21 heavy (non-hydrogen) atoms. The number of hydrogen-bond acceptors (Lipinski definition) is 4. The van der Waals surface area contributed by atoms with Crippen LogP contribution in [0.5, 0.6) is 0 Å². The molecule has 2 aromatic rings. The van der Waals surface area contributed by atoms with Gasteiger partial charge in [0.05, 0.1) is 18.4 Å². The Kier molecular flexibility index (Phi) is 3.71. The second-order valence-electron chi connectivity index (χ2n) is 5.39. The highest BCUT2D eigenvalue weighted by molar-refractivity contribution is 7.92. The van der Waals surface area contributed by atoms with Gasteiger partial charge >= 0.3 is 0 Å². The zero-order valence-corrected chi connectivity index (χ0v) is 12.7. The van der Waals surface area contributed by atoms with Crippen molar-refractivity contribution in [1.29, 1.82) is 0 Å². The normalized spacial score (nSPS) is 17.0. The molecule has 1 fully saturated rings. The molecule has 7 nitrogen and oxygen atoms in total. The number of aryl methyl sites for hydroxylation is 1. The predicted molar refractivity (Wildman–Crippen MR) is 78.5 cm³/mol. The molecule has 1 aliphatic rings. The summed E-state index contributed by atoms with van der Waals surface area (Å²) in [4.78, 5) is 6.66. The molecule has 8 heteroatoms. The van der Waals surface area contributed by atoms with Crippen LogP contribution in [-0.4, -0.2) is 28.2 Å². The third kappa shape index (κ3) is 2.94. The number of nitrogens with zero attached hydrogens (tertiary/aromatic N) is 3. The Hall–Kier alpha value is -1.83. The molecule has 3 rings (SSSR count). The molecule has 0 spiro atoms. The van der Waals surface area contributed by atoms with E-state index in [0.717, 1.165) is 25.7 Å². The van der Waals surface area contributed by atoms with Gasteiger partial charge in [0.25, 0.3) is 10.0 Å². The maximum absolute atomic E-state index is 12.3. The van der Waals surface area contributed by atoms with E-state index in [9.17, 15) is 8.42 Å². The third-order valence-electron chi connectivity index (χ3n) is 3.80. The summed E-state index contributed by atoms with van der Waals surface area (Å²) in [5.74, 6) is 1.07. The van der Waals surface area contributed by atoms with Gasteiger partial charge in [-0.1, -0.05) is 19.3 Å². The van der Waals surface area contributed by atoms with Crippen LogP contribution in [0.4, 0.5) is 5.82 Å². The van der Waals surface area contributed by atoms with E-state index in [1.54, 1.807) is 23.9 Å². The predicted octanol–water partition coefficient (Wildman–Crippen LogP) is 2.22. The Balaban J connectivity index is 1.83. The number of imidazole rings is 1. The molecule has 2 aromatic heterocycles. The summed E-state index contributed by atoms with van der Waals surface area (Å²) in [6.07, 6.45) is 8.60. The Morgan fingerprint density at radius 3 is 2.76 bits per heavy atom. The van der Waals surface area contributed by atoms with Crippen LogP contribution < -0.4 is 4.72 Å². The van der Waals surface area contributed by atoms with Gasteiger partial charge in [0.15, 0.2) is 5.03 Å². The molecule has 0 unspecified atom stereocenters. The fourth-order valence-electron chi connectivity index (χ4n) is 2.74. The first kappa shape index (κ1) is 14.1. The van der Waals surface area contributed by atoms with Crippen LogP contribution in [0.25, 0.3) is 0 Å². The molecule has 0 saturated heterocycles. The number of anilines is 1. The van der Waals surface area contributed by atoms with Gasteiger partial charge in [0.2, 0.25) is 0 Å².